The van der Waals surface area contributed by atoms with Gasteiger partial charge in [-0.1, -0.05) is 48.0 Å². The number of methoxy groups -OCH3 is 1. The lowest BCUT2D eigenvalue weighted by atomic mass is 9.87. The van der Waals surface area contributed by atoms with Gasteiger partial charge in [-0.2, -0.15) is 0 Å². The van der Waals surface area contributed by atoms with Crippen LogP contribution in [0.3, 0.4) is 0 Å². The summed E-state index contributed by atoms with van der Waals surface area (Å²) in [6.45, 7) is 2.12. The molecule has 1 aliphatic carbocycles. The average Bonchev–Trinajstić information content (AvgIpc) is 2.88. The van der Waals surface area contributed by atoms with Crippen LogP contribution in [0.1, 0.15) is 40.7 Å². The molecule has 0 saturated carbocycles. The second-order valence-corrected chi connectivity index (χ2v) is 7.14. The van der Waals surface area contributed by atoms with Gasteiger partial charge in [-0.05, 0) is 83.9 Å². The molecule has 0 saturated heterocycles. The van der Waals surface area contributed by atoms with E-state index in [1.807, 2.05) is 18.2 Å². The van der Waals surface area contributed by atoms with Crippen molar-refractivity contribution in [2.24, 2.45) is 0 Å². The van der Waals surface area contributed by atoms with Gasteiger partial charge in [0.2, 0.25) is 0 Å². The molecule has 3 aromatic rings. The minimum absolute atomic E-state index is 0.291. The van der Waals surface area contributed by atoms with Gasteiger partial charge in [-0.3, -0.25) is 0 Å². The fraction of sp³-hybridized carbons (Fsp3) is 0.200. The highest BCUT2D eigenvalue weighted by atomic mass is 16.5. The van der Waals surface area contributed by atoms with E-state index in [0.29, 0.717) is 5.75 Å². The summed E-state index contributed by atoms with van der Waals surface area (Å²) in [6.07, 6.45) is 3.16. The maximum absolute atomic E-state index is 9.76. The molecule has 3 aromatic carbocycles. The van der Waals surface area contributed by atoms with Crippen molar-refractivity contribution in [1.82, 2.24) is 0 Å². The maximum Gasteiger partial charge on any atom is 0.119 e. The summed E-state index contributed by atoms with van der Waals surface area (Å²) in [5.41, 5.74) is 8.88. The van der Waals surface area contributed by atoms with Crippen molar-refractivity contribution >= 4 is 11.1 Å². The van der Waals surface area contributed by atoms with Crippen molar-refractivity contribution in [3.63, 3.8) is 0 Å². The molecule has 4 rings (SSSR count). The van der Waals surface area contributed by atoms with E-state index in [-0.39, 0.29) is 0 Å². The molecule has 0 atom stereocenters. The highest BCUT2D eigenvalue weighted by Crippen LogP contribution is 2.41. The zero-order valence-electron chi connectivity index (χ0n) is 15.8. The lowest BCUT2D eigenvalue weighted by Gasteiger charge is -2.17. The molecule has 27 heavy (non-hydrogen) atoms. The van der Waals surface area contributed by atoms with Crippen LogP contribution in [0.25, 0.3) is 11.1 Å². The lowest BCUT2D eigenvalue weighted by molar-refractivity contribution is 0.414. The number of hydrogen-bond acceptors (Lipinski definition) is 2. The van der Waals surface area contributed by atoms with Crippen LogP contribution < -0.4 is 4.74 Å². The Labute approximate surface area is 160 Å². The number of aromatic hydroxyl groups is 1. The second kappa shape index (κ2) is 7.32. The molecule has 0 fully saturated rings. The largest absolute Gasteiger partial charge is 0.508 e. The molecule has 136 valence electrons. The van der Waals surface area contributed by atoms with E-state index in [2.05, 4.69) is 43.3 Å². The van der Waals surface area contributed by atoms with Gasteiger partial charge in [0, 0.05) is 0 Å². The number of allylic oxidation sites excluding steroid dienone is 1. The lowest BCUT2D eigenvalue weighted by Crippen LogP contribution is -1.97. The molecule has 0 amide bonds. The van der Waals surface area contributed by atoms with E-state index in [1.54, 1.807) is 19.2 Å². The van der Waals surface area contributed by atoms with Crippen LogP contribution in [0.5, 0.6) is 11.5 Å². The first-order valence-corrected chi connectivity index (χ1v) is 9.42. The summed E-state index contributed by atoms with van der Waals surface area (Å²) in [7, 11) is 1.72. The van der Waals surface area contributed by atoms with Gasteiger partial charge in [0.05, 0.1) is 7.11 Å². The van der Waals surface area contributed by atoms with Crippen molar-refractivity contribution in [2.45, 2.75) is 26.2 Å². The van der Waals surface area contributed by atoms with E-state index in [4.69, 9.17) is 4.74 Å². The Morgan fingerprint density at radius 2 is 1.52 bits per heavy atom. The van der Waals surface area contributed by atoms with Crippen molar-refractivity contribution < 1.29 is 9.84 Å². The first kappa shape index (κ1) is 17.4. The Kier molecular flexibility index (Phi) is 4.72. The van der Waals surface area contributed by atoms with Gasteiger partial charge < -0.3 is 9.84 Å². The number of benzene rings is 3. The smallest absolute Gasteiger partial charge is 0.119 e. The van der Waals surface area contributed by atoms with Crippen molar-refractivity contribution in [2.75, 3.05) is 7.11 Å². The van der Waals surface area contributed by atoms with Gasteiger partial charge in [-0.15, -0.1) is 0 Å². The number of fused-ring (bicyclic) bond motifs is 1. The van der Waals surface area contributed by atoms with Crippen LogP contribution >= 0.6 is 0 Å². The summed E-state index contributed by atoms with van der Waals surface area (Å²) < 4.78 is 5.45. The van der Waals surface area contributed by atoms with E-state index in [1.165, 1.54) is 33.4 Å². The number of phenols is 1. The van der Waals surface area contributed by atoms with Crippen LogP contribution in [0, 0.1) is 6.92 Å². The Hall–Kier alpha value is -3.00. The first-order chi connectivity index (χ1) is 13.2. The number of aryl methyl sites for hydroxylation is 2. The highest BCUT2D eigenvalue weighted by molar-refractivity contribution is 6.00. The molecular formula is C25H24O2. The minimum Gasteiger partial charge on any atom is -0.508 e. The Balaban J connectivity index is 1.98. The number of phenolic OH excluding ortho intramolecular Hbond substituents is 1. The third-order valence-electron chi connectivity index (χ3n) is 5.31. The Bertz CT molecular complexity index is 980. The Morgan fingerprint density at radius 1 is 0.815 bits per heavy atom. The molecule has 0 radical (unpaired) electrons. The second-order valence-electron chi connectivity index (χ2n) is 7.14. The highest BCUT2D eigenvalue weighted by Gasteiger charge is 2.20. The van der Waals surface area contributed by atoms with Crippen molar-refractivity contribution in [1.29, 1.82) is 0 Å². The van der Waals surface area contributed by atoms with Crippen LogP contribution in [0.15, 0.2) is 66.7 Å². The molecular weight excluding hydrogens is 332 g/mol. The maximum atomic E-state index is 9.76. The first-order valence-electron chi connectivity index (χ1n) is 9.42. The number of rotatable bonds is 3. The third-order valence-corrected chi connectivity index (χ3v) is 5.31. The molecule has 2 nitrogen and oxygen atoms in total. The van der Waals surface area contributed by atoms with Gasteiger partial charge in [0.1, 0.15) is 11.5 Å². The third kappa shape index (κ3) is 3.48. The molecule has 0 heterocycles. The number of ether oxygens (including phenoxy) is 1. The summed E-state index contributed by atoms with van der Waals surface area (Å²) >= 11 is 0. The summed E-state index contributed by atoms with van der Waals surface area (Å²) in [6, 6.07) is 22.7. The summed E-state index contributed by atoms with van der Waals surface area (Å²) in [5, 5.41) is 9.76. The van der Waals surface area contributed by atoms with Crippen LogP contribution in [0.2, 0.25) is 0 Å². The molecule has 0 aliphatic heterocycles. The Morgan fingerprint density at radius 3 is 2.22 bits per heavy atom. The monoisotopic (exact) mass is 356 g/mol. The molecule has 0 bridgehead atoms. The zero-order chi connectivity index (χ0) is 18.8. The zero-order valence-corrected chi connectivity index (χ0v) is 15.8. The van der Waals surface area contributed by atoms with Gasteiger partial charge in [0.15, 0.2) is 0 Å². The molecule has 2 heteroatoms. The molecule has 0 unspecified atom stereocenters. The van der Waals surface area contributed by atoms with Crippen molar-refractivity contribution in [3.05, 3.63) is 94.5 Å². The quantitative estimate of drug-likeness (QED) is 0.623. The van der Waals surface area contributed by atoms with E-state index in [9.17, 15) is 5.11 Å². The molecule has 1 aliphatic rings. The average molecular weight is 356 g/mol. The van der Waals surface area contributed by atoms with E-state index in [0.717, 1.165) is 30.6 Å². The van der Waals surface area contributed by atoms with E-state index < -0.39 is 0 Å². The van der Waals surface area contributed by atoms with Gasteiger partial charge >= 0.3 is 0 Å². The topological polar surface area (TPSA) is 29.5 Å². The van der Waals surface area contributed by atoms with Crippen LogP contribution in [0.4, 0.5) is 0 Å². The normalized spacial score (nSPS) is 13.9. The summed E-state index contributed by atoms with van der Waals surface area (Å²) in [4.78, 5) is 0. The predicted octanol–water partition coefficient (Wildman–Crippen LogP) is 6.00. The summed E-state index contributed by atoms with van der Waals surface area (Å²) in [5.74, 6) is 1.19. The molecule has 0 aromatic heterocycles. The van der Waals surface area contributed by atoms with Crippen LogP contribution in [-0.4, -0.2) is 12.2 Å². The van der Waals surface area contributed by atoms with E-state index >= 15 is 0 Å². The minimum atomic E-state index is 0.291. The van der Waals surface area contributed by atoms with Crippen LogP contribution in [-0.2, 0) is 6.42 Å². The number of hydrogen-bond donors (Lipinski definition) is 1. The fourth-order valence-electron chi connectivity index (χ4n) is 3.89. The van der Waals surface area contributed by atoms with Gasteiger partial charge in [0.25, 0.3) is 0 Å². The predicted molar refractivity (Wildman–Crippen MR) is 111 cm³/mol. The molecule has 1 N–H and O–H groups in total. The molecule has 0 spiro atoms. The fourth-order valence-corrected chi connectivity index (χ4v) is 3.89. The standard InChI is InChI=1S/C25H24O2/c1-17-6-8-18(9-7-17)23-5-3-4-20-16-22(27-2)14-15-24(20)25(23)19-10-12-21(26)13-11-19/h6-16,26H,3-5H2,1-2H3. The SMILES string of the molecule is COc1ccc2c(c1)CCCC(c1ccc(C)cc1)=C2c1ccc(O)cc1. The van der Waals surface area contributed by atoms with Gasteiger partial charge in [-0.25, -0.2) is 0 Å². The van der Waals surface area contributed by atoms with Crippen molar-refractivity contribution in [3.8, 4) is 11.5 Å².